The second-order valence-electron chi connectivity index (χ2n) is 7.56. The van der Waals surface area contributed by atoms with Crippen LogP contribution in [0.1, 0.15) is 45.8 Å². The summed E-state index contributed by atoms with van der Waals surface area (Å²) in [6.07, 6.45) is 4.25. The molecule has 1 N–H and O–H groups in total. The highest BCUT2D eigenvalue weighted by molar-refractivity contribution is 7.98. The van der Waals surface area contributed by atoms with Crippen LogP contribution in [-0.2, 0) is 17.1 Å². The Morgan fingerprint density at radius 3 is 2.90 bits per heavy atom. The maximum absolute atomic E-state index is 12.9. The van der Waals surface area contributed by atoms with Crippen LogP contribution >= 0.6 is 11.8 Å². The normalized spacial score (nSPS) is 13.4. The molecule has 1 saturated carbocycles. The molecule has 1 fully saturated rings. The summed E-state index contributed by atoms with van der Waals surface area (Å²) in [5.74, 6) is 1.99. The van der Waals surface area contributed by atoms with E-state index in [2.05, 4.69) is 15.5 Å². The zero-order valence-corrected chi connectivity index (χ0v) is 18.0. The molecule has 0 bridgehead atoms. The fourth-order valence-corrected chi connectivity index (χ4v) is 4.24. The summed E-state index contributed by atoms with van der Waals surface area (Å²) in [4.78, 5) is 17.3. The standard InChI is InChI=1S/C23H25N3O3S/c1-15-21(16(2)29-26-15)14-30-23-20(7-4-10-24-23)22(27)25-19-6-3-5-18(11-19)13-28-12-17-8-9-17/h3-7,10-11,17H,8-9,12-14H2,1-2H3,(H,25,27). The molecule has 0 radical (unpaired) electrons. The third-order valence-electron chi connectivity index (χ3n) is 5.05. The first-order chi connectivity index (χ1) is 14.6. The smallest absolute Gasteiger partial charge is 0.258 e. The fourth-order valence-electron chi connectivity index (χ4n) is 3.09. The van der Waals surface area contributed by atoms with E-state index < -0.39 is 0 Å². The van der Waals surface area contributed by atoms with Gasteiger partial charge in [-0.05, 0) is 62.4 Å². The zero-order chi connectivity index (χ0) is 20.9. The van der Waals surface area contributed by atoms with Crippen LogP contribution in [0.15, 0.2) is 52.1 Å². The Hall–Kier alpha value is -2.64. The molecular formula is C23H25N3O3S. The summed E-state index contributed by atoms with van der Waals surface area (Å²) in [6, 6.07) is 11.4. The van der Waals surface area contributed by atoms with Crippen molar-refractivity contribution in [3.8, 4) is 0 Å². The van der Waals surface area contributed by atoms with Crippen molar-refractivity contribution in [2.45, 2.75) is 44.1 Å². The predicted octanol–water partition coefficient (Wildman–Crippen LogP) is 5.16. The van der Waals surface area contributed by atoms with Gasteiger partial charge in [0.25, 0.3) is 5.91 Å². The van der Waals surface area contributed by atoms with Crippen LogP contribution in [-0.4, -0.2) is 22.7 Å². The molecule has 156 valence electrons. The molecule has 0 aliphatic heterocycles. The number of rotatable bonds is 9. The molecule has 3 aromatic rings. The van der Waals surface area contributed by atoms with Crippen molar-refractivity contribution < 1.29 is 14.1 Å². The topological polar surface area (TPSA) is 77.2 Å². The Morgan fingerprint density at radius 1 is 1.27 bits per heavy atom. The van der Waals surface area contributed by atoms with Crippen LogP contribution in [0.25, 0.3) is 0 Å². The average molecular weight is 424 g/mol. The lowest BCUT2D eigenvalue weighted by molar-refractivity contribution is 0.102. The monoisotopic (exact) mass is 423 g/mol. The maximum atomic E-state index is 12.9. The second kappa shape index (κ2) is 9.45. The Morgan fingerprint density at radius 2 is 2.13 bits per heavy atom. The van der Waals surface area contributed by atoms with Gasteiger partial charge in [0, 0.05) is 29.8 Å². The largest absolute Gasteiger partial charge is 0.376 e. The van der Waals surface area contributed by atoms with Crippen LogP contribution in [0.2, 0.25) is 0 Å². The zero-order valence-electron chi connectivity index (χ0n) is 17.2. The third-order valence-corrected chi connectivity index (χ3v) is 6.09. The van der Waals surface area contributed by atoms with Gasteiger partial charge in [-0.3, -0.25) is 4.79 Å². The molecule has 0 unspecified atom stereocenters. The number of aromatic nitrogens is 2. The number of carbonyl (C=O) groups is 1. The Bertz CT molecular complexity index is 1010. The summed E-state index contributed by atoms with van der Waals surface area (Å²) in [7, 11) is 0. The van der Waals surface area contributed by atoms with Gasteiger partial charge in [-0.2, -0.15) is 0 Å². The van der Waals surface area contributed by atoms with Gasteiger partial charge in [-0.15, -0.1) is 11.8 Å². The van der Waals surface area contributed by atoms with Gasteiger partial charge < -0.3 is 14.6 Å². The Kier molecular flexibility index (Phi) is 6.50. The third kappa shape index (κ3) is 5.29. The number of amides is 1. The highest BCUT2D eigenvalue weighted by Crippen LogP contribution is 2.29. The molecule has 1 amide bonds. The van der Waals surface area contributed by atoms with E-state index in [4.69, 9.17) is 9.26 Å². The number of thioether (sulfide) groups is 1. The van der Waals surface area contributed by atoms with Crippen molar-refractivity contribution in [1.29, 1.82) is 0 Å². The molecular weight excluding hydrogens is 398 g/mol. The molecule has 0 spiro atoms. The fraction of sp³-hybridized carbons (Fsp3) is 0.348. The van der Waals surface area contributed by atoms with E-state index in [-0.39, 0.29) is 5.91 Å². The van der Waals surface area contributed by atoms with E-state index in [1.807, 2.05) is 38.1 Å². The Labute approximate surface area is 180 Å². The van der Waals surface area contributed by atoms with Crippen molar-refractivity contribution in [3.05, 3.63) is 70.7 Å². The van der Waals surface area contributed by atoms with Crippen molar-refractivity contribution >= 4 is 23.4 Å². The first-order valence-electron chi connectivity index (χ1n) is 10.1. The molecule has 0 atom stereocenters. The Balaban J connectivity index is 1.41. The minimum Gasteiger partial charge on any atom is -0.376 e. The SMILES string of the molecule is Cc1noc(C)c1CSc1ncccc1C(=O)Nc1cccc(COCC2CC2)c1. The molecule has 4 rings (SSSR count). The highest BCUT2D eigenvalue weighted by atomic mass is 32.2. The number of hydrogen-bond acceptors (Lipinski definition) is 6. The second-order valence-corrected chi connectivity index (χ2v) is 8.52. The molecule has 6 nitrogen and oxygen atoms in total. The quantitative estimate of drug-likeness (QED) is 0.479. The molecule has 0 saturated heterocycles. The summed E-state index contributed by atoms with van der Waals surface area (Å²) < 4.78 is 11.0. The van der Waals surface area contributed by atoms with Gasteiger partial charge in [0.1, 0.15) is 10.8 Å². The number of anilines is 1. The molecule has 30 heavy (non-hydrogen) atoms. The van der Waals surface area contributed by atoms with Crippen molar-refractivity contribution in [3.63, 3.8) is 0 Å². The first-order valence-corrected chi connectivity index (χ1v) is 11.1. The van der Waals surface area contributed by atoms with Gasteiger partial charge in [-0.1, -0.05) is 17.3 Å². The summed E-state index contributed by atoms with van der Waals surface area (Å²) in [6.45, 7) is 5.19. The van der Waals surface area contributed by atoms with E-state index in [1.54, 1.807) is 18.3 Å². The van der Waals surface area contributed by atoms with Crippen molar-refractivity contribution in [2.24, 2.45) is 5.92 Å². The molecule has 2 aromatic heterocycles. The molecule has 2 heterocycles. The van der Waals surface area contributed by atoms with Gasteiger partial charge in [0.15, 0.2) is 0 Å². The lowest BCUT2D eigenvalue weighted by atomic mass is 10.2. The lowest BCUT2D eigenvalue weighted by Crippen LogP contribution is -2.14. The van der Waals surface area contributed by atoms with Gasteiger partial charge in [-0.25, -0.2) is 4.98 Å². The molecule has 7 heteroatoms. The van der Waals surface area contributed by atoms with Crippen LogP contribution in [0.4, 0.5) is 5.69 Å². The number of ether oxygens (including phenoxy) is 1. The van der Waals surface area contributed by atoms with Gasteiger partial charge in [0.05, 0.1) is 17.9 Å². The first kappa shape index (κ1) is 20.6. The molecule has 1 aromatic carbocycles. The minimum atomic E-state index is -0.180. The van der Waals surface area contributed by atoms with Crippen LogP contribution < -0.4 is 5.32 Å². The van der Waals surface area contributed by atoms with Crippen molar-refractivity contribution in [2.75, 3.05) is 11.9 Å². The number of carbonyl (C=O) groups excluding carboxylic acids is 1. The maximum Gasteiger partial charge on any atom is 0.258 e. The number of hydrogen-bond donors (Lipinski definition) is 1. The number of nitrogens with one attached hydrogen (secondary N) is 1. The average Bonchev–Trinajstić information content (AvgIpc) is 3.51. The highest BCUT2D eigenvalue weighted by Gasteiger charge is 2.21. The number of nitrogens with zero attached hydrogens (tertiary/aromatic N) is 2. The van der Waals surface area contributed by atoms with E-state index in [1.165, 1.54) is 24.6 Å². The summed E-state index contributed by atoms with van der Waals surface area (Å²) in [5.41, 5.74) is 4.24. The van der Waals surface area contributed by atoms with Crippen LogP contribution in [0, 0.1) is 19.8 Å². The van der Waals surface area contributed by atoms with Gasteiger partial charge >= 0.3 is 0 Å². The van der Waals surface area contributed by atoms with Crippen molar-refractivity contribution in [1.82, 2.24) is 10.1 Å². The summed E-state index contributed by atoms with van der Waals surface area (Å²) in [5, 5.41) is 7.65. The minimum absolute atomic E-state index is 0.180. The number of pyridine rings is 1. The summed E-state index contributed by atoms with van der Waals surface area (Å²) >= 11 is 1.50. The van der Waals surface area contributed by atoms with Gasteiger partial charge in [0.2, 0.25) is 0 Å². The lowest BCUT2D eigenvalue weighted by Gasteiger charge is -2.10. The predicted molar refractivity (Wildman–Crippen MR) is 117 cm³/mol. The molecule has 1 aliphatic rings. The van der Waals surface area contributed by atoms with E-state index in [9.17, 15) is 4.79 Å². The van der Waals surface area contributed by atoms with Crippen LogP contribution in [0.5, 0.6) is 0 Å². The van der Waals surface area contributed by atoms with Crippen LogP contribution in [0.3, 0.4) is 0 Å². The number of aryl methyl sites for hydroxylation is 2. The number of benzene rings is 1. The van der Waals surface area contributed by atoms with E-state index >= 15 is 0 Å². The molecule has 1 aliphatic carbocycles. The van der Waals surface area contributed by atoms with E-state index in [0.29, 0.717) is 22.9 Å². The van der Waals surface area contributed by atoms with E-state index in [0.717, 1.165) is 40.8 Å².